The number of aliphatic hydroxyl groups is 10. The Morgan fingerprint density at radius 3 is 1.62 bits per heavy atom. The van der Waals surface area contributed by atoms with Crippen LogP contribution in [-0.2, 0) is 58.3 Å². The van der Waals surface area contributed by atoms with E-state index in [4.69, 9.17) is 37.9 Å². The molecule has 14 aliphatic heterocycles. The Hall–Kier alpha value is -5.95. The minimum atomic E-state index is -1.60. The third-order valence-corrected chi connectivity index (χ3v) is 21.7. The van der Waals surface area contributed by atoms with Crippen LogP contribution in [0.2, 0.25) is 0 Å². The van der Waals surface area contributed by atoms with Gasteiger partial charge in [0.05, 0.1) is 30.8 Å². The smallest absolute Gasteiger partial charge is 0.220 e. The predicted octanol–water partition coefficient (Wildman–Crippen LogP) is 4.06. The molecule has 24 nitrogen and oxygen atoms in total. The second kappa shape index (κ2) is 33.0. The van der Waals surface area contributed by atoms with Crippen molar-refractivity contribution in [2.24, 2.45) is 0 Å². The van der Waals surface area contributed by atoms with Gasteiger partial charge in [-0.15, -0.1) is 0 Å². The number of rotatable bonds is 22. The number of anilines is 1. The van der Waals surface area contributed by atoms with Gasteiger partial charge in [-0.25, -0.2) is 0 Å². The topological polar surface area (TPSA) is 341 Å². The molecule has 20 atom stereocenters. The maximum atomic E-state index is 13.5. The number of allylic oxidation sites excluding steroid dienone is 8. The summed E-state index contributed by atoms with van der Waals surface area (Å²) in [4.78, 5) is 29.4. The number of carbonyl (C=O) groups is 2. The van der Waals surface area contributed by atoms with Crippen molar-refractivity contribution in [3.8, 4) is 0 Å². The molecule has 4 aromatic rings. The zero-order chi connectivity index (χ0) is 71.3. The summed E-state index contributed by atoms with van der Waals surface area (Å²) in [5, 5.41) is 119. The highest BCUT2D eigenvalue weighted by Gasteiger charge is 2.54. The molecule has 12 N–H and O–H groups in total. The lowest BCUT2D eigenvalue weighted by atomic mass is 9.79. The molecule has 0 aromatic heterocycles. The molecule has 12 fully saturated rings. The van der Waals surface area contributed by atoms with Gasteiger partial charge in [0.15, 0.2) is 18.3 Å². The van der Waals surface area contributed by atoms with Crippen molar-refractivity contribution in [1.29, 1.82) is 0 Å². The van der Waals surface area contributed by atoms with Crippen LogP contribution in [0.15, 0.2) is 121 Å². The number of nitrogens with one attached hydrogen (secondary N) is 2. The average Bonchev–Trinajstić information content (AvgIpc) is 1.58. The van der Waals surface area contributed by atoms with E-state index in [0.717, 1.165) is 55.0 Å². The van der Waals surface area contributed by atoms with E-state index in [9.17, 15) is 60.7 Å². The lowest BCUT2D eigenvalue weighted by Gasteiger charge is -2.46. The Balaban J connectivity index is 0.666. The van der Waals surface area contributed by atoms with Crippen LogP contribution in [0.25, 0.3) is 21.5 Å². The van der Waals surface area contributed by atoms with Gasteiger partial charge in [-0.05, 0) is 111 Å². The SMILES string of the molecule is CC1(C)C(/C=C/C=C/C=C/C=C2/N(CCCCCC(=O)NC[C@H]3O[C@@H]4CCCO[C@H]5[C@H](O)[C@@H](O)C(O[C@H]3[C@H](O)[C@H]4O)O[C@@H]5CO)c3ccc4ccccc4c3C2(C)C)=[N+](CCCCCC(=O)NC[C@H]2O[C@@H]3OC4[C@@H](CO)O[C@H](CCCO[C@H]2[C@H](O)[C@H]3O)[C@H](O)[C@H]4O)c2ccc3ccccc3c21. The molecule has 0 aliphatic carbocycles. The Kier molecular flexibility index (Phi) is 24.4. The van der Waals surface area contributed by atoms with E-state index >= 15 is 0 Å². The number of hydrogen-bond donors (Lipinski definition) is 12. The quantitative estimate of drug-likeness (QED) is 0.0300. The number of fused-ring (bicyclic) bond motifs is 6. The fourth-order valence-electron chi connectivity index (χ4n) is 16.3. The molecule has 4 aromatic carbocycles. The third kappa shape index (κ3) is 15.9. The van der Waals surface area contributed by atoms with E-state index < -0.39 is 136 Å². The van der Waals surface area contributed by atoms with Gasteiger partial charge < -0.3 is 104 Å². The van der Waals surface area contributed by atoms with Gasteiger partial charge in [0, 0.05) is 86.6 Å². The van der Waals surface area contributed by atoms with Gasteiger partial charge in [0.2, 0.25) is 17.5 Å². The van der Waals surface area contributed by atoms with Crippen molar-refractivity contribution in [3.63, 3.8) is 0 Å². The highest BCUT2D eigenvalue weighted by atomic mass is 16.7. The molecule has 14 aliphatic rings. The first kappa shape index (κ1) is 74.8. The second-order valence-electron chi connectivity index (χ2n) is 29.2. The van der Waals surface area contributed by atoms with E-state index in [1.165, 1.54) is 32.7 Å². The molecule has 101 heavy (non-hydrogen) atoms. The number of ether oxygens (including phenoxy) is 8. The predicted molar refractivity (Wildman–Crippen MR) is 374 cm³/mol. The van der Waals surface area contributed by atoms with Crippen molar-refractivity contribution in [3.05, 3.63) is 132 Å². The molecule has 18 rings (SSSR count). The Bertz CT molecular complexity index is 3670. The van der Waals surface area contributed by atoms with Gasteiger partial charge in [-0.2, -0.15) is 4.58 Å². The van der Waals surface area contributed by atoms with Gasteiger partial charge in [0.1, 0.15) is 104 Å². The number of unbranched alkanes of at least 4 members (excludes halogenated alkanes) is 4. The summed E-state index contributed by atoms with van der Waals surface area (Å²) in [5.74, 6) is -0.447. The lowest BCUT2D eigenvalue weighted by Crippen LogP contribution is -2.65. The third-order valence-electron chi connectivity index (χ3n) is 21.7. The molecule has 2 unspecified atom stereocenters. The summed E-state index contributed by atoms with van der Waals surface area (Å²) in [6.07, 6.45) is -3.99. The van der Waals surface area contributed by atoms with E-state index in [0.29, 0.717) is 32.2 Å². The summed E-state index contributed by atoms with van der Waals surface area (Å²) in [7, 11) is 0. The maximum absolute atomic E-state index is 13.5. The van der Waals surface area contributed by atoms with Crippen molar-refractivity contribution in [2.75, 3.05) is 57.5 Å². The number of carbonyl (C=O) groups excluding carboxylic acids is 2. The highest BCUT2D eigenvalue weighted by molar-refractivity contribution is 6.07. The molecule has 24 heteroatoms. The highest BCUT2D eigenvalue weighted by Crippen LogP contribution is 2.51. The molecule has 550 valence electrons. The van der Waals surface area contributed by atoms with Crippen molar-refractivity contribution in [2.45, 2.75) is 238 Å². The second-order valence-corrected chi connectivity index (χ2v) is 29.2. The van der Waals surface area contributed by atoms with Crippen LogP contribution in [0.1, 0.15) is 116 Å². The van der Waals surface area contributed by atoms with Gasteiger partial charge in [0.25, 0.3) is 0 Å². The van der Waals surface area contributed by atoms with Crippen molar-refractivity contribution in [1.82, 2.24) is 10.6 Å². The number of amides is 2. The van der Waals surface area contributed by atoms with E-state index in [1.807, 2.05) is 6.08 Å². The molecule has 2 amide bonds. The van der Waals surface area contributed by atoms with Crippen LogP contribution in [-0.4, -0.2) is 248 Å². The Morgan fingerprint density at radius 1 is 0.515 bits per heavy atom. The largest absolute Gasteiger partial charge is 0.394 e. The van der Waals surface area contributed by atoms with Crippen molar-refractivity contribution >= 4 is 50.4 Å². The van der Waals surface area contributed by atoms with Crippen LogP contribution in [0.5, 0.6) is 0 Å². The van der Waals surface area contributed by atoms with Crippen molar-refractivity contribution < 1.29 is 103 Å². The van der Waals surface area contributed by atoms with Crippen LogP contribution in [0, 0.1) is 0 Å². The summed E-state index contributed by atoms with van der Waals surface area (Å²) in [5.41, 5.74) is 6.44. The molecule has 14 heterocycles. The maximum Gasteiger partial charge on any atom is 0.220 e. The lowest BCUT2D eigenvalue weighted by molar-refractivity contribution is -0.438. The standard InChI is InChI=1S/C77H102N4O20/c1-76(2)56(80(48-34-32-44-22-14-16-24-46(44)60(48)76)36-18-8-12-30-58(84)78-40-52-70-66(90)68(92)74(98-52)101-73-55(43-83)97-51(27-21-38-94-70)63(87)65(73)89)28-10-6-5-7-11-29-57-77(3,4)61-47-25-17-15-23-45(47)33-35-49(61)81(57)37-19-9-13-31-59(85)79-41-53-72-64(88)62(86)50(96-53)26-20-39-95-71-54(42-82)99-75(100-72)69(93)67(71)91/h5-7,10-11,14-17,22-25,28-29,32-35,50-55,62-75,82-83,86-93H,8-9,12-13,18-21,26-27,30-31,36-43H2,1-4H3,(H-,78,79,84,85)/p+1/t50-,51-,52-,53-,54-,55-,62+,63+,64-,65-,66-,67-,68-,69-,70-,71-,72-,73?,74-,75?/m1/s1. The number of hydrogen-bond acceptors (Lipinski definition) is 21. The molecule has 0 spiro atoms. The summed E-state index contributed by atoms with van der Waals surface area (Å²) in [6, 6.07) is 25.7. The molecule has 12 saturated heterocycles. The Labute approximate surface area is 589 Å². The minimum Gasteiger partial charge on any atom is -0.394 e. The van der Waals surface area contributed by atoms with Gasteiger partial charge in [-0.1, -0.05) is 105 Å². The first-order valence-corrected chi connectivity index (χ1v) is 36.3. The average molecular weight is 1400 g/mol. The number of benzene rings is 4. The minimum absolute atomic E-state index is 0.0561. The first-order chi connectivity index (χ1) is 48.7. The van der Waals surface area contributed by atoms with Crippen LogP contribution in [0.3, 0.4) is 0 Å². The zero-order valence-corrected chi connectivity index (χ0v) is 58.1. The summed E-state index contributed by atoms with van der Waals surface area (Å²) in [6.45, 7) is 9.55. The van der Waals surface area contributed by atoms with Gasteiger partial charge >= 0.3 is 0 Å². The first-order valence-electron chi connectivity index (χ1n) is 36.3. The van der Waals surface area contributed by atoms with Crippen LogP contribution in [0.4, 0.5) is 11.4 Å². The fraction of sp³-hybridized carbons (Fsp3) is 0.597. The van der Waals surface area contributed by atoms with E-state index in [-0.39, 0.29) is 74.6 Å². The molecule has 8 bridgehead atoms. The molecular weight excluding hydrogens is 1300 g/mol. The van der Waals surface area contributed by atoms with Gasteiger partial charge in [-0.3, -0.25) is 9.59 Å². The summed E-state index contributed by atoms with van der Waals surface area (Å²) >= 11 is 0. The number of nitrogens with zero attached hydrogens (tertiary/aromatic N) is 2. The monoisotopic (exact) mass is 1400 g/mol. The zero-order valence-electron chi connectivity index (χ0n) is 58.1. The summed E-state index contributed by atoms with van der Waals surface area (Å²) < 4.78 is 50.3. The Morgan fingerprint density at radius 2 is 1.01 bits per heavy atom. The molecular formula is C77H103N4O20+. The van der Waals surface area contributed by atoms with E-state index in [1.54, 1.807) is 0 Å². The fourth-order valence-corrected chi connectivity index (χ4v) is 16.3. The normalized spacial score (nSPS) is 34.5. The van der Waals surface area contributed by atoms with Crippen LogP contribution >= 0.6 is 0 Å². The van der Waals surface area contributed by atoms with Crippen LogP contribution < -0.4 is 15.5 Å². The molecule has 0 saturated carbocycles. The number of aliphatic hydroxyl groups excluding tert-OH is 10. The van der Waals surface area contributed by atoms with E-state index in [2.05, 4.69) is 157 Å². The molecule has 0 radical (unpaired) electrons.